The van der Waals surface area contributed by atoms with Gasteiger partial charge in [0.1, 0.15) is 11.4 Å². The molecule has 212 valence electrons. The Bertz CT molecular complexity index is 2150. The summed E-state index contributed by atoms with van der Waals surface area (Å²) in [7, 11) is 0. The van der Waals surface area contributed by atoms with Crippen LogP contribution in [-0.4, -0.2) is 39.8 Å². The highest BCUT2D eigenvalue weighted by Crippen LogP contribution is 2.25. The summed E-state index contributed by atoms with van der Waals surface area (Å²) in [6.45, 7) is 2.66. The third-order valence-corrected chi connectivity index (χ3v) is 7.70. The Kier molecular flexibility index (Phi) is 6.43. The van der Waals surface area contributed by atoms with Crippen molar-refractivity contribution in [1.29, 1.82) is 0 Å². The van der Waals surface area contributed by atoms with Crippen LogP contribution in [0.3, 0.4) is 0 Å². The minimum atomic E-state index is -0.583. The molecule has 43 heavy (non-hydrogen) atoms. The lowest BCUT2D eigenvalue weighted by molar-refractivity contribution is 0.0941. The number of pyridine rings is 1. The maximum absolute atomic E-state index is 14.3. The number of amides is 1. The fraction of sp³-hybridized carbons (Fsp3) is 0.188. The van der Waals surface area contributed by atoms with Crippen molar-refractivity contribution >= 4 is 28.1 Å². The summed E-state index contributed by atoms with van der Waals surface area (Å²) in [5.41, 5.74) is 8.22. The van der Waals surface area contributed by atoms with E-state index in [4.69, 9.17) is 5.73 Å². The van der Waals surface area contributed by atoms with E-state index in [2.05, 4.69) is 42.0 Å². The Hall–Kier alpha value is -5.76. The average Bonchev–Trinajstić information content (AvgIpc) is 3.60. The number of hydrogen-bond acceptors (Lipinski definition) is 7. The van der Waals surface area contributed by atoms with Crippen LogP contribution in [0.1, 0.15) is 59.1 Å². The van der Waals surface area contributed by atoms with Gasteiger partial charge in [0.25, 0.3) is 11.5 Å². The molecule has 3 N–H and O–H groups in total. The molecule has 1 unspecified atom stereocenters. The standard InChI is InChI=1S/C32H27N9O2/c1-20(35-31(42)28-29(33)38-40-18-8-16-34-30(28)40)24-19-22-10-7-9-21(14-15-26-37-36-25-13-5-6-17-39(25)26)27(22)32(43)41(24)23-11-3-2-4-12-23/h2-4,7-12,16,18-20H,5-6,13,17H2,1H3,(H2,33,38)(H,35,42). The number of benzene rings is 2. The van der Waals surface area contributed by atoms with Crippen LogP contribution < -0.4 is 16.6 Å². The number of carbonyl (C=O) groups excluding carboxylic acids is 1. The van der Waals surface area contributed by atoms with Gasteiger partial charge in [0.2, 0.25) is 5.82 Å². The first-order valence-electron chi connectivity index (χ1n) is 14.1. The number of carbonyl (C=O) groups is 1. The fourth-order valence-corrected chi connectivity index (χ4v) is 5.64. The molecule has 2 aromatic carbocycles. The lowest BCUT2D eigenvalue weighted by Gasteiger charge is -2.21. The number of nitrogen functional groups attached to an aromatic ring is 1. The normalized spacial score (nSPS) is 13.3. The van der Waals surface area contributed by atoms with Gasteiger partial charge in [-0.05, 0) is 61.4 Å². The Balaban J connectivity index is 1.33. The van der Waals surface area contributed by atoms with Crippen molar-refractivity contribution in [2.24, 2.45) is 0 Å². The molecule has 0 radical (unpaired) electrons. The molecule has 1 aliphatic rings. The maximum atomic E-state index is 14.3. The molecule has 0 fully saturated rings. The predicted octanol–water partition coefficient (Wildman–Crippen LogP) is 3.43. The largest absolute Gasteiger partial charge is 0.381 e. The number of anilines is 1. The number of hydrogen-bond donors (Lipinski definition) is 2. The van der Waals surface area contributed by atoms with Crippen molar-refractivity contribution in [1.82, 2.24) is 39.2 Å². The van der Waals surface area contributed by atoms with Gasteiger partial charge in [-0.3, -0.25) is 14.2 Å². The summed E-state index contributed by atoms with van der Waals surface area (Å²) < 4.78 is 5.14. The van der Waals surface area contributed by atoms with E-state index in [-0.39, 0.29) is 16.9 Å². The van der Waals surface area contributed by atoms with E-state index < -0.39 is 11.9 Å². The zero-order valence-electron chi connectivity index (χ0n) is 23.4. The van der Waals surface area contributed by atoms with Crippen LogP contribution in [0.2, 0.25) is 0 Å². The van der Waals surface area contributed by atoms with Crippen LogP contribution in [0.15, 0.2) is 77.9 Å². The third kappa shape index (κ3) is 4.59. The molecule has 0 bridgehead atoms. The second kappa shape index (κ2) is 10.6. The number of para-hydroxylation sites is 1. The summed E-state index contributed by atoms with van der Waals surface area (Å²) in [6, 6.07) is 18.0. The average molecular weight is 570 g/mol. The lowest BCUT2D eigenvalue weighted by Crippen LogP contribution is -2.32. The van der Waals surface area contributed by atoms with Gasteiger partial charge in [-0.2, -0.15) is 0 Å². The second-order valence-electron chi connectivity index (χ2n) is 10.5. The number of nitrogens with zero attached hydrogens (tertiary/aromatic N) is 7. The van der Waals surface area contributed by atoms with Gasteiger partial charge in [0.05, 0.1) is 11.4 Å². The van der Waals surface area contributed by atoms with Crippen LogP contribution in [0.25, 0.3) is 22.1 Å². The van der Waals surface area contributed by atoms with Crippen molar-refractivity contribution in [3.63, 3.8) is 0 Å². The third-order valence-electron chi connectivity index (χ3n) is 7.70. The molecule has 4 aromatic heterocycles. The molecule has 11 heteroatoms. The lowest BCUT2D eigenvalue weighted by atomic mass is 10.0. The monoisotopic (exact) mass is 569 g/mol. The van der Waals surface area contributed by atoms with Crippen molar-refractivity contribution in [2.75, 3.05) is 5.73 Å². The van der Waals surface area contributed by atoms with E-state index in [1.165, 1.54) is 4.52 Å². The number of aromatic nitrogens is 7. The van der Waals surface area contributed by atoms with Gasteiger partial charge in [-0.1, -0.05) is 36.3 Å². The topological polar surface area (TPSA) is 138 Å². The molecule has 0 aliphatic carbocycles. The molecule has 11 nitrogen and oxygen atoms in total. The van der Waals surface area contributed by atoms with E-state index in [0.717, 1.165) is 31.6 Å². The molecular weight excluding hydrogens is 542 g/mol. The van der Waals surface area contributed by atoms with Gasteiger partial charge >= 0.3 is 0 Å². The van der Waals surface area contributed by atoms with Crippen LogP contribution in [0.5, 0.6) is 0 Å². The zero-order valence-corrected chi connectivity index (χ0v) is 23.4. The van der Waals surface area contributed by atoms with Gasteiger partial charge in [0, 0.05) is 42.3 Å². The van der Waals surface area contributed by atoms with E-state index in [9.17, 15) is 9.59 Å². The highest BCUT2D eigenvalue weighted by Gasteiger charge is 2.24. The molecule has 5 heterocycles. The van der Waals surface area contributed by atoms with Crippen molar-refractivity contribution in [3.8, 4) is 17.5 Å². The van der Waals surface area contributed by atoms with E-state index in [1.54, 1.807) is 23.0 Å². The number of nitrogens with one attached hydrogen (secondary N) is 1. The molecule has 1 aliphatic heterocycles. The van der Waals surface area contributed by atoms with Gasteiger partial charge in [0.15, 0.2) is 11.5 Å². The van der Waals surface area contributed by atoms with Gasteiger partial charge < -0.3 is 15.6 Å². The summed E-state index contributed by atoms with van der Waals surface area (Å²) in [5, 5.41) is 17.0. The van der Waals surface area contributed by atoms with E-state index >= 15 is 0 Å². The Morgan fingerprint density at radius 2 is 1.91 bits per heavy atom. The van der Waals surface area contributed by atoms with Crippen molar-refractivity contribution in [2.45, 2.75) is 38.8 Å². The molecule has 1 amide bonds. The molecule has 6 aromatic rings. The highest BCUT2D eigenvalue weighted by atomic mass is 16.2. The minimum Gasteiger partial charge on any atom is -0.381 e. The second-order valence-corrected chi connectivity index (χ2v) is 10.5. The molecule has 1 atom stereocenters. The summed E-state index contributed by atoms with van der Waals surface area (Å²) in [5.74, 6) is 7.53. The van der Waals surface area contributed by atoms with Crippen LogP contribution in [-0.2, 0) is 13.0 Å². The molecular formula is C32H27N9O2. The van der Waals surface area contributed by atoms with Gasteiger partial charge in [-0.25, -0.2) is 9.50 Å². The number of aryl methyl sites for hydroxylation is 1. The molecule has 7 rings (SSSR count). The smallest absolute Gasteiger partial charge is 0.264 e. The highest BCUT2D eigenvalue weighted by molar-refractivity contribution is 6.04. The fourth-order valence-electron chi connectivity index (χ4n) is 5.64. The molecule has 0 spiro atoms. The number of rotatable bonds is 4. The Labute approximate surface area is 246 Å². The first kappa shape index (κ1) is 26.2. The summed E-state index contributed by atoms with van der Waals surface area (Å²) >= 11 is 0. The van der Waals surface area contributed by atoms with Crippen molar-refractivity contribution in [3.05, 3.63) is 112 Å². The summed E-state index contributed by atoms with van der Waals surface area (Å²) in [6.07, 6.45) is 6.30. The number of fused-ring (bicyclic) bond motifs is 3. The van der Waals surface area contributed by atoms with Crippen LogP contribution in [0, 0.1) is 11.8 Å². The maximum Gasteiger partial charge on any atom is 0.264 e. The quantitative estimate of drug-likeness (QED) is 0.310. The molecule has 0 saturated heterocycles. The zero-order chi connectivity index (χ0) is 29.5. The Morgan fingerprint density at radius 3 is 2.77 bits per heavy atom. The molecule has 0 saturated carbocycles. The van der Waals surface area contributed by atoms with Crippen molar-refractivity contribution < 1.29 is 4.79 Å². The minimum absolute atomic E-state index is 0.0690. The number of nitrogens with two attached hydrogens (primary N) is 1. The van der Waals surface area contributed by atoms with E-state index in [0.29, 0.717) is 39.2 Å². The van der Waals surface area contributed by atoms with E-state index in [1.807, 2.05) is 61.5 Å². The first-order chi connectivity index (χ1) is 21.0. The van der Waals surface area contributed by atoms with Crippen LogP contribution >= 0.6 is 0 Å². The van der Waals surface area contributed by atoms with Crippen LogP contribution in [0.4, 0.5) is 5.82 Å². The SMILES string of the molecule is CC(NC(=O)c1c(N)nn2cccnc12)c1cc2cccc(C#Cc3nnc4n3CCCC4)c2c(=O)n1-c1ccccc1. The predicted molar refractivity (Wildman–Crippen MR) is 162 cm³/mol. The Morgan fingerprint density at radius 1 is 1.05 bits per heavy atom. The van der Waals surface area contributed by atoms with Gasteiger partial charge in [-0.15, -0.1) is 15.3 Å². The first-order valence-corrected chi connectivity index (χ1v) is 14.1. The summed E-state index contributed by atoms with van der Waals surface area (Å²) in [4.78, 5) is 32.1.